The highest BCUT2D eigenvalue weighted by Gasteiger charge is 2.18. The van der Waals surface area contributed by atoms with Crippen LogP contribution in [0.4, 0.5) is 0 Å². The molecule has 0 bridgehead atoms. The van der Waals surface area contributed by atoms with Crippen LogP contribution in [-0.4, -0.2) is 25.4 Å². The van der Waals surface area contributed by atoms with Crippen LogP contribution in [0.15, 0.2) is 29.2 Å². The van der Waals surface area contributed by atoms with Gasteiger partial charge in [-0.1, -0.05) is 31.0 Å². The number of benzene rings is 1. The van der Waals surface area contributed by atoms with Gasteiger partial charge in [-0.2, -0.15) is 0 Å². The van der Waals surface area contributed by atoms with Crippen LogP contribution in [0.25, 0.3) is 0 Å². The van der Waals surface area contributed by atoms with Crippen molar-refractivity contribution in [1.82, 2.24) is 0 Å². The second kappa shape index (κ2) is 5.46. The predicted molar refractivity (Wildman–Crippen MR) is 64.1 cm³/mol. The molecule has 1 N–H and O–H groups in total. The minimum Gasteiger partial charge on any atom is -0.392 e. The number of aliphatic hydroxyl groups excluding tert-OH is 1. The SMILES string of the molecule is CCC[C@@H](O)CS(=O)(=O)c1ccc(C)cc1. The maximum atomic E-state index is 11.9. The zero-order chi connectivity index (χ0) is 12.2. The molecule has 0 unspecified atom stereocenters. The Hall–Kier alpha value is -0.870. The van der Waals surface area contributed by atoms with E-state index in [0.29, 0.717) is 6.42 Å². The van der Waals surface area contributed by atoms with E-state index in [9.17, 15) is 13.5 Å². The van der Waals surface area contributed by atoms with Crippen molar-refractivity contribution in [1.29, 1.82) is 0 Å². The second-order valence-electron chi connectivity index (χ2n) is 4.04. The average molecular weight is 242 g/mol. The summed E-state index contributed by atoms with van der Waals surface area (Å²) < 4.78 is 23.7. The van der Waals surface area contributed by atoms with Gasteiger partial charge in [-0.25, -0.2) is 8.42 Å². The topological polar surface area (TPSA) is 54.4 Å². The zero-order valence-corrected chi connectivity index (χ0v) is 10.5. The molecule has 0 saturated heterocycles. The molecule has 0 aliphatic rings. The van der Waals surface area contributed by atoms with Gasteiger partial charge in [0.05, 0.1) is 16.8 Å². The third-order valence-corrected chi connectivity index (χ3v) is 4.23. The van der Waals surface area contributed by atoms with E-state index in [2.05, 4.69) is 0 Å². The fourth-order valence-corrected chi connectivity index (χ4v) is 2.93. The fourth-order valence-electron chi connectivity index (χ4n) is 1.51. The van der Waals surface area contributed by atoms with Crippen LogP contribution in [0.5, 0.6) is 0 Å². The molecule has 0 saturated carbocycles. The van der Waals surface area contributed by atoms with Crippen molar-refractivity contribution in [2.24, 2.45) is 0 Å². The molecule has 0 aliphatic heterocycles. The van der Waals surface area contributed by atoms with Gasteiger partial charge in [0.25, 0.3) is 0 Å². The van der Waals surface area contributed by atoms with E-state index in [1.54, 1.807) is 24.3 Å². The first-order valence-electron chi connectivity index (χ1n) is 5.43. The highest BCUT2D eigenvalue weighted by Crippen LogP contribution is 2.14. The van der Waals surface area contributed by atoms with Crippen molar-refractivity contribution in [2.45, 2.75) is 37.7 Å². The number of aliphatic hydroxyl groups is 1. The van der Waals surface area contributed by atoms with E-state index in [4.69, 9.17) is 0 Å². The molecule has 16 heavy (non-hydrogen) atoms. The van der Waals surface area contributed by atoms with Crippen molar-refractivity contribution in [3.8, 4) is 0 Å². The normalized spacial score (nSPS) is 13.7. The van der Waals surface area contributed by atoms with E-state index in [1.807, 2.05) is 13.8 Å². The van der Waals surface area contributed by atoms with Crippen molar-refractivity contribution in [3.05, 3.63) is 29.8 Å². The molecular formula is C12H18O3S. The molecule has 90 valence electrons. The van der Waals surface area contributed by atoms with E-state index >= 15 is 0 Å². The van der Waals surface area contributed by atoms with Crippen molar-refractivity contribution >= 4 is 9.84 Å². The molecule has 3 nitrogen and oxygen atoms in total. The van der Waals surface area contributed by atoms with Crippen LogP contribution < -0.4 is 0 Å². The fraction of sp³-hybridized carbons (Fsp3) is 0.500. The van der Waals surface area contributed by atoms with Gasteiger partial charge in [-0.3, -0.25) is 0 Å². The smallest absolute Gasteiger partial charge is 0.180 e. The molecule has 1 atom stereocenters. The van der Waals surface area contributed by atoms with E-state index < -0.39 is 15.9 Å². The third kappa shape index (κ3) is 3.61. The number of hydrogen-bond acceptors (Lipinski definition) is 3. The Morgan fingerprint density at radius 1 is 1.25 bits per heavy atom. The molecule has 0 amide bonds. The molecule has 1 aromatic rings. The molecule has 1 rings (SSSR count). The summed E-state index contributed by atoms with van der Waals surface area (Å²) in [5.41, 5.74) is 1.02. The van der Waals surface area contributed by atoms with Gasteiger partial charge in [0, 0.05) is 0 Å². The van der Waals surface area contributed by atoms with Gasteiger partial charge >= 0.3 is 0 Å². The standard InChI is InChI=1S/C12H18O3S/c1-3-4-11(13)9-16(14,15)12-7-5-10(2)6-8-12/h5-8,11,13H,3-4,9H2,1-2H3/t11-/m1/s1. The summed E-state index contributed by atoms with van der Waals surface area (Å²) in [6.07, 6.45) is 0.534. The number of rotatable bonds is 5. The monoisotopic (exact) mass is 242 g/mol. The van der Waals surface area contributed by atoms with Crippen molar-refractivity contribution < 1.29 is 13.5 Å². The lowest BCUT2D eigenvalue weighted by atomic mass is 10.2. The summed E-state index contributed by atoms with van der Waals surface area (Å²) in [6, 6.07) is 6.70. The van der Waals surface area contributed by atoms with Crippen LogP contribution >= 0.6 is 0 Å². The summed E-state index contributed by atoms with van der Waals surface area (Å²) in [6.45, 7) is 3.82. The summed E-state index contributed by atoms with van der Waals surface area (Å²) in [4.78, 5) is 0.285. The molecule has 0 fully saturated rings. The van der Waals surface area contributed by atoms with Crippen molar-refractivity contribution in [3.63, 3.8) is 0 Å². The molecule has 0 radical (unpaired) electrons. The minimum absolute atomic E-state index is 0.191. The molecule has 0 aliphatic carbocycles. The van der Waals surface area contributed by atoms with Gasteiger partial charge in [0.2, 0.25) is 0 Å². The Bertz CT molecular complexity index is 420. The first-order valence-corrected chi connectivity index (χ1v) is 7.08. The van der Waals surface area contributed by atoms with Crippen molar-refractivity contribution in [2.75, 3.05) is 5.75 Å². The van der Waals surface area contributed by atoms with E-state index in [0.717, 1.165) is 12.0 Å². The Balaban J connectivity index is 2.82. The molecule has 0 spiro atoms. The lowest BCUT2D eigenvalue weighted by molar-refractivity contribution is 0.186. The largest absolute Gasteiger partial charge is 0.392 e. The Morgan fingerprint density at radius 2 is 1.81 bits per heavy atom. The second-order valence-corrected chi connectivity index (χ2v) is 6.07. The highest BCUT2D eigenvalue weighted by molar-refractivity contribution is 7.91. The Morgan fingerprint density at radius 3 is 2.31 bits per heavy atom. The van der Waals surface area contributed by atoms with Gasteiger partial charge in [0.1, 0.15) is 0 Å². The van der Waals surface area contributed by atoms with Gasteiger partial charge in [-0.15, -0.1) is 0 Å². The van der Waals surface area contributed by atoms with Crippen LogP contribution in [-0.2, 0) is 9.84 Å². The first kappa shape index (κ1) is 13.2. The Kier molecular flexibility index (Phi) is 4.50. The molecule has 4 heteroatoms. The number of hydrogen-bond donors (Lipinski definition) is 1. The van der Waals surface area contributed by atoms with Crippen LogP contribution in [0, 0.1) is 6.92 Å². The van der Waals surface area contributed by atoms with Crippen LogP contribution in [0.1, 0.15) is 25.3 Å². The lowest BCUT2D eigenvalue weighted by Gasteiger charge is -2.10. The molecular weight excluding hydrogens is 224 g/mol. The first-order chi connectivity index (χ1) is 7.45. The maximum Gasteiger partial charge on any atom is 0.180 e. The third-order valence-electron chi connectivity index (χ3n) is 2.41. The quantitative estimate of drug-likeness (QED) is 0.858. The molecule has 1 aromatic carbocycles. The summed E-state index contributed by atoms with van der Waals surface area (Å²) in [5, 5.41) is 9.52. The molecule has 0 heterocycles. The van der Waals surface area contributed by atoms with Gasteiger partial charge in [0.15, 0.2) is 9.84 Å². The Labute approximate surface area is 97.0 Å². The van der Waals surface area contributed by atoms with Crippen LogP contribution in [0.3, 0.4) is 0 Å². The molecule has 0 aromatic heterocycles. The predicted octanol–water partition coefficient (Wildman–Crippen LogP) is 1.93. The number of aryl methyl sites for hydroxylation is 1. The number of sulfone groups is 1. The lowest BCUT2D eigenvalue weighted by Crippen LogP contribution is -2.20. The summed E-state index contributed by atoms with van der Waals surface area (Å²) >= 11 is 0. The van der Waals surface area contributed by atoms with Crippen LogP contribution in [0.2, 0.25) is 0 Å². The summed E-state index contributed by atoms with van der Waals surface area (Å²) in [5.74, 6) is -0.191. The van der Waals surface area contributed by atoms with E-state index in [-0.39, 0.29) is 10.6 Å². The average Bonchev–Trinajstić information content (AvgIpc) is 2.17. The highest BCUT2D eigenvalue weighted by atomic mass is 32.2. The van der Waals surface area contributed by atoms with E-state index in [1.165, 1.54) is 0 Å². The maximum absolute atomic E-state index is 11.9. The van der Waals surface area contributed by atoms with Gasteiger partial charge in [-0.05, 0) is 25.5 Å². The summed E-state index contributed by atoms with van der Waals surface area (Å²) in [7, 11) is -3.35. The zero-order valence-electron chi connectivity index (χ0n) is 9.68. The minimum atomic E-state index is -3.35. The van der Waals surface area contributed by atoms with Gasteiger partial charge < -0.3 is 5.11 Å².